The molecule has 0 unspecified atom stereocenters. The number of benzene rings is 1. The van der Waals surface area contributed by atoms with Crippen molar-refractivity contribution < 1.29 is 0 Å². The van der Waals surface area contributed by atoms with Gasteiger partial charge >= 0.3 is 0 Å². The Morgan fingerprint density at radius 2 is 1.23 bits per heavy atom. The van der Waals surface area contributed by atoms with Crippen molar-refractivity contribution in [3.8, 4) is 5.69 Å². The molecule has 0 radical (unpaired) electrons. The van der Waals surface area contributed by atoms with Gasteiger partial charge in [0, 0.05) is 18.1 Å². The molecule has 0 bridgehead atoms. The van der Waals surface area contributed by atoms with E-state index in [1.54, 1.807) is 0 Å². The van der Waals surface area contributed by atoms with E-state index >= 15 is 0 Å². The fourth-order valence-electron chi connectivity index (χ4n) is 4.62. The van der Waals surface area contributed by atoms with Gasteiger partial charge in [0.05, 0.1) is 6.33 Å². The summed E-state index contributed by atoms with van der Waals surface area (Å²) in [4.78, 5) is 4.28. The maximum Gasteiger partial charge on any atom is 0.0991 e. The van der Waals surface area contributed by atoms with E-state index in [0.29, 0.717) is 5.92 Å². The Morgan fingerprint density at radius 3 is 1.77 bits per heavy atom. The summed E-state index contributed by atoms with van der Waals surface area (Å²) in [6.45, 7) is 4.60. The molecule has 0 amide bonds. The zero-order valence-corrected chi connectivity index (χ0v) is 19.8. The van der Waals surface area contributed by atoms with Gasteiger partial charge in [-0.15, -0.1) is 0 Å². The zero-order chi connectivity index (χ0) is 21.3. The summed E-state index contributed by atoms with van der Waals surface area (Å²) >= 11 is 0. The molecule has 30 heavy (non-hydrogen) atoms. The first-order chi connectivity index (χ1) is 14.9. The zero-order valence-electron chi connectivity index (χ0n) is 19.8. The van der Waals surface area contributed by atoms with Gasteiger partial charge in [-0.1, -0.05) is 122 Å². The standard InChI is InChI=1S/C28H46N2/c1-3-5-7-9-11-13-15-19-26(20-16-14-12-10-8-6-4-2)27-21-17-18-22-28(27)30-24-23-29-25-30/h17-18,21-26H,3-16,19-20H2,1-2H3. The van der Waals surface area contributed by atoms with Crippen molar-refractivity contribution in [2.75, 3.05) is 0 Å². The number of hydrogen-bond donors (Lipinski definition) is 0. The molecule has 0 aliphatic heterocycles. The molecular weight excluding hydrogens is 364 g/mol. The summed E-state index contributed by atoms with van der Waals surface area (Å²) in [5.41, 5.74) is 2.85. The Labute approximate surface area is 186 Å². The van der Waals surface area contributed by atoms with Crippen LogP contribution in [-0.4, -0.2) is 9.55 Å². The van der Waals surface area contributed by atoms with Gasteiger partial charge in [0.1, 0.15) is 0 Å². The van der Waals surface area contributed by atoms with Crippen LogP contribution in [0.5, 0.6) is 0 Å². The summed E-state index contributed by atoms with van der Waals surface area (Å²) in [6, 6.07) is 9.01. The third-order valence-corrected chi connectivity index (χ3v) is 6.47. The van der Waals surface area contributed by atoms with E-state index in [4.69, 9.17) is 0 Å². The fourth-order valence-corrected chi connectivity index (χ4v) is 4.62. The molecule has 2 heteroatoms. The van der Waals surface area contributed by atoms with E-state index in [1.807, 2.05) is 12.5 Å². The minimum Gasteiger partial charge on any atom is -0.306 e. The van der Waals surface area contributed by atoms with Crippen molar-refractivity contribution in [3.05, 3.63) is 48.5 Å². The number of para-hydroxylation sites is 1. The van der Waals surface area contributed by atoms with Gasteiger partial charge in [0.15, 0.2) is 0 Å². The van der Waals surface area contributed by atoms with Crippen LogP contribution in [0.25, 0.3) is 5.69 Å². The first-order valence-corrected chi connectivity index (χ1v) is 12.9. The molecule has 168 valence electrons. The molecule has 0 aliphatic carbocycles. The third kappa shape index (κ3) is 9.49. The predicted octanol–water partition coefficient (Wildman–Crippen LogP) is 9.24. The third-order valence-electron chi connectivity index (χ3n) is 6.47. The van der Waals surface area contributed by atoms with Crippen LogP contribution in [0, 0.1) is 0 Å². The van der Waals surface area contributed by atoms with Crippen LogP contribution in [0.3, 0.4) is 0 Å². The van der Waals surface area contributed by atoms with Crippen LogP contribution in [0.15, 0.2) is 43.0 Å². The smallest absolute Gasteiger partial charge is 0.0991 e. The molecule has 1 aromatic carbocycles. The summed E-state index contributed by atoms with van der Waals surface area (Å²) < 4.78 is 2.19. The molecule has 0 spiro atoms. The second kappa shape index (κ2) is 16.2. The molecule has 1 aromatic heterocycles. The molecular formula is C28H46N2. The van der Waals surface area contributed by atoms with Crippen LogP contribution >= 0.6 is 0 Å². The first kappa shape index (κ1) is 24.7. The lowest BCUT2D eigenvalue weighted by Crippen LogP contribution is -2.05. The average Bonchev–Trinajstić information content (AvgIpc) is 3.31. The summed E-state index contributed by atoms with van der Waals surface area (Å²) in [5.74, 6) is 0.676. The van der Waals surface area contributed by atoms with Crippen molar-refractivity contribution >= 4 is 0 Å². The lowest BCUT2D eigenvalue weighted by atomic mass is 9.87. The maximum atomic E-state index is 4.28. The first-order valence-electron chi connectivity index (χ1n) is 12.9. The van der Waals surface area contributed by atoms with Crippen molar-refractivity contribution in [2.24, 2.45) is 0 Å². The Kier molecular flexibility index (Phi) is 13.3. The number of hydrogen-bond acceptors (Lipinski definition) is 1. The number of nitrogens with zero attached hydrogens (tertiary/aromatic N) is 2. The van der Waals surface area contributed by atoms with E-state index in [0.717, 1.165) is 0 Å². The highest BCUT2D eigenvalue weighted by Gasteiger charge is 2.16. The highest BCUT2D eigenvalue weighted by molar-refractivity contribution is 5.43. The Hall–Kier alpha value is -1.57. The minimum absolute atomic E-state index is 0.676. The molecule has 0 saturated heterocycles. The number of rotatable bonds is 18. The van der Waals surface area contributed by atoms with Crippen LogP contribution in [-0.2, 0) is 0 Å². The lowest BCUT2D eigenvalue weighted by molar-refractivity contribution is 0.483. The SMILES string of the molecule is CCCCCCCCCC(CCCCCCCCC)c1ccccc1-n1ccnc1. The second-order valence-corrected chi connectivity index (χ2v) is 9.05. The van der Waals surface area contributed by atoms with Gasteiger partial charge in [0.25, 0.3) is 0 Å². The van der Waals surface area contributed by atoms with Gasteiger partial charge in [-0.3, -0.25) is 0 Å². The van der Waals surface area contributed by atoms with Crippen molar-refractivity contribution in [2.45, 2.75) is 122 Å². The number of imidazole rings is 1. The largest absolute Gasteiger partial charge is 0.306 e. The molecule has 0 N–H and O–H groups in total. The van der Waals surface area contributed by atoms with Gasteiger partial charge < -0.3 is 4.57 Å². The van der Waals surface area contributed by atoms with Crippen LogP contribution in [0.4, 0.5) is 0 Å². The highest BCUT2D eigenvalue weighted by Crippen LogP contribution is 2.32. The minimum atomic E-state index is 0.676. The molecule has 0 saturated carbocycles. The predicted molar refractivity (Wildman–Crippen MR) is 132 cm³/mol. The lowest BCUT2D eigenvalue weighted by Gasteiger charge is -2.21. The van der Waals surface area contributed by atoms with Crippen molar-refractivity contribution in [1.29, 1.82) is 0 Å². The van der Waals surface area contributed by atoms with Crippen LogP contribution in [0.1, 0.15) is 128 Å². The molecule has 0 fully saturated rings. The van der Waals surface area contributed by atoms with Gasteiger partial charge in [-0.25, -0.2) is 4.98 Å². The van der Waals surface area contributed by atoms with Gasteiger partial charge in [0.2, 0.25) is 0 Å². The molecule has 2 rings (SSSR count). The average molecular weight is 411 g/mol. The van der Waals surface area contributed by atoms with E-state index in [1.165, 1.54) is 114 Å². The van der Waals surface area contributed by atoms with Crippen LogP contribution in [0.2, 0.25) is 0 Å². The summed E-state index contributed by atoms with van der Waals surface area (Å²) in [6.07, 6.45) is 28.1. The van der Waals surface area contributed by atoms with E-state index in [9.17, 15) is 0 Å². The highest BCUT2D eigenvalue weighted by atomic mass is 15.0. The topological polar surface area (TPSA) is 17.8 Å². The normalized spacial score (nSPS) is 11.4. The number of aromatic nitrogens is 2. The summed E-state index contributed by atoms with van der Waals surface area (Å²) in [7, 11) is 0. The van der Waals surface area contributed by atoms with Gasteiger partial charge in [-0.2, -0.15) is 0 Å². The Morgan fingerprint density at radius 1 is 0.700 bits per heavy atom. The number of unbranched alkanes of at least 4 members (excludes halogenated alkanes) is 12. The van der Waals surface area contributed by atoms with E-state index in [-0.39, 0.29) is 0 Å². The Bertz CT molecular complexity index is 614. The quantitative estimate of drug-likeness (QED) is 0.224. The molecule has 1 heterocycles. The fraction of sp³-hybridized carbons (Fsp3) is 0.679. The second-order valence-electron chi connectivity index (χ2n) is 9.05. The van der Waals surface area contributed by atoms with E-state index in [2.05, 4.69) is 53.9 Å². The Balaban J connectivity index is 1.89. The monoisotopic (exact) mass is 410 g/mol. The van der Waals surface area contributed by atoms with Gasteiger partial charge in [-0.05, 0) is 30.4 Å². The van der Waals surface area contributed by atoms with Crippen molar-refractivity contribution in [3.63, 3.8) is 0 Å². The molecule has 2 nitrogen and oxygen atoms in total. The summed E-state index contributed by atoms with van der Waals surface area (Å²) in [5, 5.41) is 0. The van der Waals surface area contributed by atoms with Crippen LogP contribution < -0.4 is 0 Å². The maximum absolute atomic E-state index is 4.28. The molecule has 0 atom stereocenters. The van der Waals surface area contributed by atoms with E-state index < -0.39 is 0 Å². The molecule has 0 aliphatic rings. The van der Waals surface area contributed by atoms with Crippen molar-refractivity contribution in [1.82, 2.24) is 9.55 Å². The molecule has 2 aromatic rings.